The molecule has 12 heteroatoms. The van der Waals surface area contributed by atoms with Crippen LogP contribution in [0.5, 0.6) is 5.88 Å². The van der Waals surface area contributed by atoms with Crippen LogP contribution in [0, 0.1) is 0 Å². The van der Waals surface area contributed by atoms with Crippen molar-refractivity contribution in [2.24, 2.45) is 0 Å². The van der Waals surface area contributed by atoms with Crippen LogP contribution in [-0.2, 0) is 23.8 Å². The predicted octanol–water partition coefficient (Wildman–Crippen LogP) is 1.13. The average Bonchev–Trinajstić information content (AvgIpc) is 3.14. The number of nitrogens with zero attached hydrogens (tertiary/aromatic N) is 2. The highest BCUT2D eigenvalue weighted by Gasteiger charge is 2.56. The SMILES string of the molecule is CCc1ccc(Cc2c(O[C@@]3(O)O[C@H](CO)[C@@H](O)[C@H](O)[C@H]3O)nn(C(C)C)c2C(F)(F)F)cc1. The Labute approximate surface area is 194 Å². The second-order valence-corrected chi connectivity index (χ2v) is 8.51. The lowest BCUT2D eigenvalue weighted by Crippen LogP contribution is -2.67. The largest absolute Gasteiger partial charge is 0.433 e. The second-order valence-electron chi connectivity index (χ2n) is 8.51. The summed E-state index contributed by atoms with van der Waals surface area (Å²) in [7, 11) is 0. The van der Waals surface area contributed by atoms with Crippen LogP contribution in [0.3, 0.4) is 0 Å². The lowest BCUT2D eigenvalue weighted by atomic mass is 9.97. The van der Waals surface area contributed by atoms with Crippen LogP contribution in [0.15, 0.2) is 24.3 Å². The van der Waals surface area contributed by atoms with Crippen molar-refractivity contribution in [2.45, 2.75) is 76.2 Å². The monoisotopic (exact) mass is 490 g/mol. The van der Waals surface area contributed by atoms with E-state index in [0.29, 0.717) is 10.2 Å². The Morgan fingerprint density at radius 1 is 1.12 bits per heavy atom. The molecule has 1 aromatic carbocycles. The topological polar surface area (TPSA) is 137 Å². The van der Waals surface area contributed by atoms with E-state index in [0.717, 1.165) is 12.0 Å². The summed E-state index contributed by atoms with van der Waals surface area (Å²) in [5, 5.41) is 54.3. The van der Waals surface area contributed by atoms with Gasteiger partial charge in [-0.1, -0.05) is 31.2 Å². The summed E-state index contributed by atoms with van der Waals surface area (Å²) in [5.41, 5.74) is -0.0254. The van der Waals surface area contributed by atoms with E-state index in [4.69, 9.17) is 9.47 Å². The fraction of sp³-hybridized carbons (Fsp3) is 0.591. The van der Waals surface area contributed by atoms with E-state index in [1.54, 1.807) is 24.3 Å². The van der Waals surface area contributed by atoms with Gasteiger partial charge < -0.3 is 35.0 Å². The molecule has 190 valence electrons. The maximum absolute atomic E-state index is 14.1. The Morgan fingerprint density at radius 3 is 2.21 bits per heavy atom. The zero-order chi connectivity index (χ0) is 25.4. The molecule has 5 atom stereocenters. The van der Waals surface area contributed by atoms with E-state index in [-0.39, 0.29) is 6.42 Å². The molecule has 0 aliphatic carbocycles. The molecule has 0 unspecified atom stereocenters. The van der Waals surface area contributed by atoms with Crippen LogP contribution in [0.4, 0.5) is 13.2 Å². The van der Waals surface area contributed by atoms with Gasteiger partial charge in [-0.2, -0.15) is 13.2 Å². The van der Waals surface area contributed by atoms with Gasteiger partial charge in [-0.15, -0.1) is 5.10 Å². The molecule has 1 saturated heterocycles. The van der Waals surface area contributed by atoms with E-state index in [1.165, 1.54) is 13.8 Å². The first-order valence-electron chi connectivity index (χ1n) is 10.8. The Balaban J connectivity index is 2.10. The zero-order valence-electron chi connectivity index (χ0n) is 18.9. The van der Waals surface area contributed by atoms with Crippen LogP contribution in [0.2, 0.25) is 0 Å². The van der Waals surface area contributed by atoms with E-state index in [1.807, 2.05) is 6.92 Å². The van der Waals surface area contributed by atoms with E-state index in [2.05, 4.69) is 5.10 Å². The zero-order valence-corrected chi connectivity index (χ0v) is 18.9. The van der Waals surface area contributed by atoms with Gasteiger partial charge in [0, 0.05) is 12.5 Å². The van der Waals surface area contributed by atoms with Crippen molar-refractivity contribution in [3.05, 3.63) is 46.6 Å². The minimum absolute atomic E-state index is 0.276. The number of hydrogen-bond donors (Lipinski definition) is 5. The van der Waals surface area contributed by atoms with Crippen molar-refractivity contribution in [1.29, 1.82) is 0 Å². The van der Waals surface area contributed by atoms with Gasteiger partial charge in [-0.25, -0.2) is 0 Å². The molecule has 0 spiro atoms. The highest BCUT2D eigenvalue weighted by molar-refractivity contribution is 5.39. The van der Waals surface area contributed by atoms with Gasteiger partial charge in [-0.05, 0) is 31.4 Å². The van der Waals surface area contributed by atoms with Crippen LogP contribution >= 0.6 is 0 Å². The number of hydrogen-bond acceptors (Lipinski definition) is 8. The number of alkyl halides is 3. The minimum Gasteiger partial charge on any atom is -0.417 e. The lowest BCUT2D eigenvalue weighted by molar-refractivity contribution is -0.423. The van der Waals surface area contributed by atoms with Gasteiger partial charge >= 0.3 is 12.1 Å². The number of aromatic nitrogens is 2. The smallest absolute Gasteiger partial charge is 0.417 e. The van der Waals surface area contributed by atoms with E-state index in [9.17, 15) is 38.7 Å². The summed E-state index contributed by atoms with van der Waals surface area (Å²) in [6.45, 7) is 4.03. The molecule has 2 aromatic rings. The number of aliphatic hydroxyl groups is 5. The number of aryl methyl sites for hydroxylation is 1. The lowest BCUT2D eigenvalue weighted by Gasteiger charge is -2.43. The van der Waals surface area contributed by atoms with Crippen molar-refractivity contribution < 1.29 is 48.2 Å². The van der Waals surface area contributed by atoms with Crippen LogP contribution < -0.4 is 4.74 Å². The average molecular weight is 490 g/mol. The highest BCUT2D eigenvalue weighted by atomic mass is 19.4. The maximum atomic E-state index is 14.1. The third-order valence-electron chi connectivity index (χ3n) is 5.71. The molecule has 9 nitrogen and oxygen atoms in total. The van der Waals surface area contributed by atoms with Gasteiger partial charge in [-0.3, -0.25) is 4.68 Å². The summed E-state index contributed by atoms with van der Waals surface area (Å²) in [5.74, 6) is -3.77. The van der Waals surface area contributed by atoms with Gasteiger partial charge in [0.25, 0.3) is 0 Å². The first kappa shape index (κ1) is 26.4. The molecule has 0 amide bonds. The van der Waals surface area contributed by atoms with Crippen molar-refractivity contribution in [3.63, 3.8) is 0 Å². The Kier molecular flexibility index (Phi) is 7.60. The molecule has 1 fully saturated rings. The summed E-state index contributed by atoms with van der Waals surface area (Å²) < 4.78 is 53.4. The number of aliphatic hydroxyl groups excluding tert-OH is 4. The molecule has 0 radical (unpaired) electrons. The minimum atomic E-state index is -4.84. The Morgan fingerprint density at radius 2 is 1.71 bits per heavy atom. The first-order chi connectivity index (χ1) is 15.8. The summed E-state index contributed by atoms with van der Waals surface area (Å²) in [6, 6.07) is 6.14. The second kappa shape index (κ2) is 9.80. The van der Waals surface area contributed by atoms with Crippen LogP contribution in [0.25, 0.3) is 0 Å². The van der Waals surface area contributed by atoms with Crippen molar-refractivity contribution in [3.8, 4) is 5.88 Å². The molecular weight excluding hydrogens is 461 g/mol. The number of ether oxygens (including phenoxy) is 2. The first-order valence-corrected chi connectivity index (χ1v) is 10.8. The van der Waals surface area contributed by atoms with Crippen molar-refractivity contribution in [1.82, 2.24) is 9.78 Å². The van der Waals surface area contributed by atoms with Gasteiger partial charge in [0.05, 0.1) is 12.2 Å². The highest BCUT2D eigenvalue weighted by Crippen LogP contribution is 2.41. The summed E-state index contributed by atoms with van der Waals surface area (Å²) >= 11 is 0. The van der Waals surface area contributed by atoms with E-state index < -0.39 is 66.4 Å². The van der Waals surface area contributed by atoms with Crippen molar-refractivity contribution >= 4 is 0 Å². The number of benzene rings is 1. The third kappa shape index (κ3) is 5.07. The maximum Gasteiger partial charge on any atom is 0.433 e. The van der Waals surface area contributed by atoms with Gasteiger partial charge in [0.2, 0.25) is 5.88 Å². The molecule has 1 aliphatic rings. The summed E-state index contributed by atoms with van der Waals surface area (Å²) in [4.78, 5) is 0. The van der Waals surface area contributed by atoms with E-state index >= 15 is 0 Å². The fourth-order valence-electron chi connectivity index (χ4n) is 3.81. The van der Waals surface area contributed by atoms with Gasteiger partial charge in [0.15, 0.2) is 6.10 Å². The standard InChI is InChI=1S/C22H29F3N2O7/c1-4-12-5-7-13(8-6-12)9-14-18(21(23,24)25)27(11(2)3)26-20(14)34-22(32)19(31)17(30)16(29)15(10-28)33-22/h5-8,11,15-17,19,28-32H,4,9-10H2,1-3H3/t15-,16-,17+,19-,22+/m1/s1. The summed E-state index contributed by atoms with van der Waals surface area (Å²) in [6.07, 6.45) is -12.0. The molecular formula is C22H29F3N2O7. The number of rotatable bonds is 7. The molecule has 34 heavy (non-hydrogen) atoms. The molecule has 0 saturated carbocycles. The van der Waals surface area contributed by atoms with Crippen LogP contribution in [-0.4, -0.2) is 72.3 Å². The Bertz CT molecular complexity index is 978. The molecule has 1 aromatic heterocycles. The molecule has 3 rings (SSSR count). The molecule has 2 heterocycles. The van der Waals surface area contributed by atoms with Gasteiger partial charge in [0.1, 0.15) is 24.0 Å². The molecule has 0 bridgehead atoms. The molecule has 1 aliphatic heterocycles. The predicted molar refractivity (Wildman–Crippen MR) is 112 cm³/mol. The number of halogens is 3. The molecule has 5 N–H and O–H groups in total. The fourth-order valence-corrected chi connectivity index (χ4v) is 3.81. The quantitative estimate of drug-likeness (QED) is 0.365. The normalized spacial score (nSPS) is 27.9. The van der Waals surface area contributed by atoms with Crippen molar-refractivity contribution in [2.75, 3.05) is 6.61 Å². The third-order valence-corrected chi connectivity index (χ3v) is 5.71. The Hall–Kier alpha value is -2.22. The van der Waals surface area contributed by atoms with Crippen LogP contribution in [0.1, 0.15) is 49.2 Å².